The highest BCUT2D eigenvalue weighted by atomic mass is 32.3. The zero-order valence-corrected chi connectivity index (χ0v) is 13.2. The molecule has 0 aliphatic carbocycles. The van der Waals surface area contributed by atoms with Crippen molar-refractivity contribution in [3.63, 3.8) is 0 Å². The molecule has 0 aliphatic heterocycles. The molecule has 0 unspecified atom stereocenters. The molecule has 0 aliphatic rings. The first-order chi connectivity index (χ1) is 9.14. The van der Waals surface area contributed by atoms with Crippen LogP contribution >= 0.6 is 0 Å². The number of hydrogen-bond acceptors (Lipinski definition) is 5. The largest absolute Gasteiger partial charge is 0.503 e. The summed E-state index contributed by atoms with van der Waals surface area (Å²) < 4.78 is 32.6. The van der Waals surface area contributed by atoms with E-state index in [0.29, 0.717) is 0 Å². The molecule has 20 heavy (non-hydrogen) atoms. The summed E-state index contributed by atoms with van der Waals surface area (Å²) in [6, 6.07) is 5.46. The molecule has 1 rings (SSSR count). The highest BCUT2D eigenvalue weighted by molar-refractivity contribution is 7.82. The maximum Gasteiger partial charge on any atom is 0.503 e. The van der Waals surface area contributed by atoms with E-state index in [1.54, 1.807) is 12.1 Å². The molecule has 1 aromatic rings. The lowest BCUT2D eigenvalue weighted by Crippen LogP contribution is -2.18. The van der Waals surface area contributed by atoms with Crippen LogP contribution in [-0.2, 0) is 19.4 Å². The topological polar surface area (TPSA) is 69.7 Å². The van der Waals surface area contributed by atoms with E-state index in [1.807, 2.05) is 33.8 Å². The van der Waals surface area contributed by atoms with Crippen LogP contribution in [0.2, 0.25) is 0 Å². The van der Waals surface area contributed by atoms with Crippen LogP contribution in [0.3, 0.4) is 0 Å². The van der Waals surface area contributed by atoms with Gasteiger partial charge >= 0.3 is 16.4 Å². The van der Waals surface area contributed by atoms with Crippen LogP contribution in [0, 0.1) is 0 Å². The molecule has 0 saturated carbocycles. The Kier molecular flexibility index (Phi) is 5.16. The van der Waals surface area contributed by atoms with Gasteiger partial charge < -0.3 is 8.37 Å². The van der Waals surface area contributed by atoms with Crippen molar-refractivity contribution in [1.29, 1.82) is 0 Å². The molecule has 0 saturated heterocycles. The number of rotatable bonds is 5. The Labute approximate surface area is 120 Å². The summed E-state index contributed by atoms with van der Waals surface area (Å²) in [4.78, 5) is 10.8. The highest BCUT2D eigenvalue weighted by Crippen LogP contribution is 2.35. The quantitative estimate of drug-likeness (QED) is 0.835. The Balaban J connectivity index is 3.31. The van der Waals surface area contributed by atoms with Crippen molar-refractivity contribution in [2.75, 3.05) is 0 Å². The van der Waals surface area contributed by atoms with E-state index < -0.39 is 16.4 Å². The molecule has 5 nitrogen and oxygen atoms in total. The predicted octanol–water partition coefficient (Wildman–Crippen LogP) is 3.12. The van der Waals surface area contributed by atoms with Gasteiger partial charge in [-0.2, -0.15) is 0 Å². The van der Waals surface area contributed by atoms with Gasteiger partial charge in [-0.1, -0.05) is 45.9 Å². The van der Waals surface area contributed by atoms with Crippen molar-refractivity contribution in [1.82, 2.24) is 0 Å². The van der Waals surface area contributed by atoms with Crippen LogP contribution < -0.4 is 4.18 Å². The van der Waals surface area contributed by atoms with E-state index in [9.17, 15) is 13.2 Å². The van der Waals surface area contributed by atoms with E-state index >= 15 is 0 Å². The Bertz CT molecular complexity index is 561. The lowest BCUT2D eigenvalue weighted by Gasteiger charge is -2.18. The number of carbonyl (C=O) groups is 1. The van der Waals surface area contributed by atoms with E-state index in [4.69, 9.17) is 4.18 Å². The van der Waals surface area contributed by atoms with E-state index in [1.165, 1.54) is 0 Å². The monoisotopic (exact) mass is 300 g/mol. The van der Waals surface area contributed by atoms with E-state index in [-0.39, 0.29) is 17.6 Å². The smallest absolute Gasteiger partial charge is 0.352 e. The Morgan fingerprint density at radius 1 is 1.05 bits per heavy atom. The molecule has 0 atom stereocenters. The van der Waals surface area contributed by atoms with Gasteiger partial charge in [-0.15, -0.1) is 8.42 Å². The van der Waals surface area contributed by atoms with Crippen LogP contribution in [0.1, 0.15) is 57.6 Å². The summed E-state index contributed by atoms with van der Waals surface area (Å²) in [7, 11) is -4.40. The fraction of sp³-hybridized carbons (Fsp3) is 0.500. The zero-order chi connectivity index (χ0) is 15.5. The van der Waals surface area contributed by atoms with Gasteiger partial charge in [-0.3, -0.25) is 4.79 Å². The lowest BCUT2D eigenvalue weighted by atomic mass is 9.94. The van der Waals surface area contributed by atoms with Gasteiger partial charge in [0.05, 0.1) is 0 Å². The van der Waals surface area contributed by atoms with Crippen LogP contribution in [0.4, 0.5) is 0 Å². The molecule has 112 valence electrons. The Hall–Kier alpha value is -1.56. The first-order valence-corrected chi connectivity index (χ1v) is 7.74. The van der Waals surface area contributed by atoms with Gasteiger partial charge in [0.2, 0.25) is 0 Å². The highest BCUT2D eigenvalue weighted by Gasteiger charge is 2.23. The van der Waals surface area contributed by atoms with Crippen LogP contribution in [0.25, 0.3) is 0 Å². The van der Waals surface area contributed by atoms with Gasteiger partial charge in [0, 0.05) is 6.92 Å². The minimum atomic E-state index is -4.40. The van der Waals surface area contributed by atoms with E-state index in [0.717, 1.165) is 18.1 Å². The number of para-hydroxylation sites is 1. The van der Waals surface area contributed by atoms with Gasteiger partial charge in [0.15, 0.2) is 5.75 Å². The summed E-state index contributed by atoms with van der Waals surface area (Å²) in [5, 5.41) is 0. The third-order valence-corrected chi connectivity index (χ3v) is 3.53. The SMILES string of the molecule is CC(=O)OS(=O)(=O)Oc1c(C(C)C)cccc1C(C)C. The average Bonchev–Trinajstić information content (AvgIpc) is 2.25. The normalized spacial score (nSPS) is 11.8. The molecule has 0 N–H and O–H groups in total. The predicted molar refractivity (Wildman–Crippen MR) is 75.9 cm³/mol. The number of hydrogen-bond donors (Lipinski definition) is 0. The first-order valence-electron chi connectivity index (χ1n) is 6.41. The van der Waals surface area contributed by atoms with Crippen molar-refractivity contribution >= 4 is 16.4 Å². The van der Waals surface area contributed by atoms with Crippen molar-refractivity contribution in [3.05, 3.63) is 29.3 Å². The van der Waals surface area contributed by atoms with Crippen molar-refractivity contribution in [2.45, 2.75) is 46.5 Å². The van der Waals surface area contributed by atoms with Gasteiger partial charge in [-0.25, -0.2) is 0 Å². The van der Waals surface area contributed by atoms with Crippen molar-refractivity contribution < 1.29 is 21.6 Å². The molecule has 0 spiro atoms. The second-order valence-electron chi connectivity index (χ2n) is 5.14. The van der Waals surface area contributed by atoms with Crippen LogP contribution in [0.5, 0.6) is 5.75 Å². The summed E-state index contributed by atoms with van der Waals surface area (Å²) in [6.45, 7) is 8.75. The fourth-order valence-corrected chi connectivity index (χ4v) is 2.56. The molecule has 0 bridgehead atoms. The molecule has 6 heteroatoms. The third-order valence-electron chi connectivity index (χ3n) is 2.72. The summed E-state index contributed by atoms with van der Waals surface area (Å²) in [5.74, 6) is -0.524. The average molecular weight is 300 g/mol. The van der Waals surface area contributed by atoms with Gasteiger partial charge in [0.25, 0.3) is 0 Å². The van der Waals surface area contributed by atoms with Crippen LogP contribution in [0.15, 0.2) is 18.2 Å². The molecule has 0 amide bonds. The van der Waals surface area contributed by atoms with Gasteiger partial charge in [0.1, 0.15) is 0 Å². The van der Waals surface area contributed by atoms with Crippen molar-refractivity contribution in [3.8, 4) is 5.75 Å². The maximum absolute atomic E-state index is 11.7. The lowest BCUT2D eigenvalue weighted by molar-refractivity contribution is -0.131. The number of carbonyl (C=O) groups excluding carboxylic acids is 1. The molecule has 1 aromatic carbocycles. The molecule has 0 fully saturated rings. The zero-order valence-electron chi connectivity index (χ0n) is 12.3. The van der Waals surface area contributed by atoms with Gasteiger partial charge in [-0.05, 0) is 23.0 Å². The molecule has 0 radical (unpaired) electrons. The molecule has 0 heterocycles. The minimum Gasteiger partial charge on any atom is -0.352 e. The second kappa shape index (κ2) is 6.26. The van der Waals surface area contributed by atoms with E-state index in [2.05, 4.69) is 4.18 Å². The maximum atomic E-state index is 11.7. The Morgan fingerprint density at radius 2 is 1.50 bits per heavy atom. The van der Waals surface area contributed by atoms with Crippen LogP contribution in [-0.4, -0.2) is 14.4 Å². The van der Waals surface area contributed by atoms with Crippen molar-refractivity contribution in [2.24, 2.45) is 0 Å². The summed E-state index contributed by atoms with van der Waals surface area (Å²) in [6.07, 6.45) is 0. The Morgan fingerprint density at radius 3 is 1.85 bits per heavy atom. The summed E-state index contributed by atoms with van der Waals surface area (Å²) in [5.41, 5.74) is 1.51. The first kappa shape index (κ1) is 16.5. The standard InChI is InChI=1S/C14H20O5S/c1-9(2)12-7-6-8-13(10(3)4)14(12)19-20(16,17)18-11(5)15/h6-10H,1-5H3. The molecular formula is C14H20O5S. The number of benzene rings is 1. The summed E-state index contributed by atoms with van der Waals surface area (Å²) >= 11 is 0. The second-order valence-corrected chi connectivity index (χ2v) is 6.29. The minimum absolute atomic E-state index is 0.0798. The molecule has 0 aromatic heterocycles. The molecular weight excluding hydrogens is 280 g/mol. The third kappa shape index (κ3) is 4.23. The fourth-order valence-electron chi connectivity index (χ4n) is 1.84.